The topological polar surface area (TPSA) is 70.8 Å². The number of urea groups is 1. The van der Waals surface area contributed by atoms with Gasteiger partial charge in [-0.3, -0.25) is 9.88 Å². The first-order valence-electron chi connectivity index (χ1n) is 11.0. The van der Waals surface area contributed by atoms with Crippen LogP contribution in [0.5, 0.6) is 0 Å². The highest BCUT2D eigenvalue weighted by molar-refractivity contribution is 5.75. The van der Waals surface area contributed by atoms with Gasteiger partial charge in [-0.25, -0.2) is 4.79 Å². The van der Waals surface area contributed by atoms with Crippen molar-refractivity contribution in [2.45, 2.75) is 44.7 Å². The van der Waals surface area contributed by atoms with Gasteiger partial charge >= 0.3 is 6.03 Å². The van der Waals surface area contributed by atoms with E-state index in [1.54, 1.807) is 0 Å². The van der Waals surface area contributed by atoms with Crippen molar-refractivity contribution in [3.8, 4) is 0 Å². The number of nitrogens with zero attached hydrogens (tertiary/aromatic N) is 3. The quantitative estimate of drug-likeness (QED) is 0.811. The number of nitrogens with one attached hydrogen (secondary N) is 1. The molecule has 2 aromatic heterocycles. The lowest BCUT2D eigenvalue weighted by atomic mass is 10.0. The first-order chi connectivity index (χ1) is 14.7. The number of furan rings is 1. The molecule has 0 radical (unpaired) electrons. The maximum atomic E-state index is 13.3. The Morgan fingerprint density at radius 2 is 1.93 bits per heavy atom. The number of amides is 2. The summed E-state index contributed by atoms with van der Waals surface area (Å²) in [5, 5.41) is 3.21. The van der Waals surface area contributed by atoms with Crippen LogP contribution in [0.2, 0.25) is 0 Å². The summed E-state index contributed by atoms with van der Waals surface area (Å²) < 4.78 is 11.4. The van der Waals surface area contributed by atoms with E-state index >= 15 is 0 Å². The molecule has 2 atom stereocenters. The molecule has 1 N–H and O–H groups in total. The van der Waals surface area contributed by atoms with E-state index in [9.17, 15) is 4.79 Å². The summed E-state index contributed by atoms with van der Waals surface area (Å²) in [6, 6.07) is 8.17. The van der Waals surface area contributed by atoms with Crippen molar-refractivity contribution in [1.29, 1.82) is 0 Å². The summed E-state index contributed by atoms with van der Waals surface area (Å²) >= 11 is 0. The maximum Gasteiger partial charge on any atom is 0.317 e. The number of likely N-dealkylation sites (tertiary alicyclic amines) is 1. The van der Waals surface area contributed by atoms with Crippen molar-refractivity contribution >= 4 is 6.03 Å². The maximum absolute atomic E-state index is 13.3. The molecule has 0 spiro atoms. The Balaban J connectivity index is 1.47. The van der Waals surface area contributed by atoms with Crippen LogP contribution >= 0.6 is 0 Å². The minimum atomic E-state index is 0.000231. The van der Waals surface area contributed by atoms with Gasteiger partial charge in [-0.05, 0) is 49.6 Å². The van der Waals surface area contributed by atoms with Crippen LogP contribution < -0.4 is 5.32 Å². The predicted molar refractivity (Wildman–Crippen MR) is 114 cm³/mol. The van der Waals surface area contributed by atoms with Crippen LogP contribution in [0.25, 0.3) is 0 Å². The average molecular weight is 413 g/mol. The first kappa shape index (κ1) is 20.9. The molecular weight excluding hydrogens is 380 g/mol. The van der Waals surface area contributed by atoms with Crippen molar-refractivity contribution in [2.24, 2.45) is 0 Å². The number of pyridine rings is 1. The molecule has 7 nitrogen and oxygen atoms in total. The van der Waals surface area contributed by atoms with Crippen molar-refractivity contribution in [2.75, 3.05) is 39.4 Å². The monoisotopic (exact) mass is 412 g/mol. The summed E-state index contributed by atoms with van der Waals surface area (Å²) in [5.41, 5.74) is 1.16. The zero-order valence-corrected chi connectivity index (χ0v) is 17.8. The van der Waals surface area contributed by atoms with Gasteiger partial charge in [0.15, 0.2) is 0 Å². The number of rotatable bonds is 5. The number of aryl methyl sites for hydroxylation is 1. The molecule has 2 fully saturated rings. The number of aromatic nitrogens is 1. The second-order valence-corrected chi connectivity index (χ2v) is 8.14. The fourth-order valence-corrected chi connectivity index (χ4v) is 4.50. The fourth-order valence-electron chi connectivity index (χ4n) is 4.50. The van der Waals surface area contributed by atoms with Crippen molar-refractivity contribution in [1.82, 2.24) is 20.1 Å². The van der Waals surface area contributed by atoms with Crippen LogP contribution in [0.4, 0.5) is 4.79 Å². The Kier molecular flexibility index (Phi) is 7.02. The molecule has 2 aliphatic rings. The SMILES string of the molecule is Cc1ccc(C(CNC(=O)N2CCCCCC2c2ccncc2)N2CCOCC2)o1. The van der Waals surface area contributed by atoms with E-state index in [0.29, 0.717) is 19.8 Å². The van der Waals surface area contributed by atoms with Gasteiger partial charge in [0.25, 0.3) is 0 Å². The Labute approximate surface area is 178 Å². The van der Waals surface area contributed by atoms with Gasteiger partial charge in [0, 0.05) is 38.6 Å². The smallest absolute Gasteiger partial charge is 0.317 e. The minimum absolute atomic E-state index is 0.000231. The Hall–Kier alpha value is -2.38. The van der Waals surface area contributed by atoms with Crippen LogP contribution in [-0.2, 0) is 4.74 Å². The lowest BCUT2D eigenvalue weighted by Crippen LogP contribution is -2.47. The molecule has 0 aromatic carbocycles. The molecule has 162 valence electrons. The summed E-state index contributed by atoms with van der Waals surface area (Å²) in [4.78, 5) is 21.8. The molecule has 2 aliphatic heterocycles. The summed E-state index contributed by atoms with van der Waals surface area (Å²) in [5.74, 6) is 1.79. The largest absolute Gasteiger partial charge is 0.465 e. The van der Waals surface area contributed by atoms with E-state index in [1.807, 2.05) is 48.5 Å². The molecular formula is C23H32N4O3. The Morgan fingerprint density at radius 1 is 1.13 bits per heavy atom. The van der Waals surface area contributed by atoms with Gasteiger partial charge in [-0.1, -0.05) is 12.8 Å². The van der Waals surface area contributed by atoms with Crippen LogP contribution in [0.15, 0.2) is 41.1 Å². The third-order valence-electron chi connectivity index (χ3n) is 6.13. The normalized spacial score (nSPS) is 21.8. The Bertz CT molecular complexity index is 804. The van der Waals surface area contributed by atoms with E-state index in [4.69, 9.17) is 9.15 Å². The molecule has 0 saturated carbocycles. The summed E-state index contributed by atoms with van der Waals surface area (Å²) in [6.45, 7) is 6.34. The highest BCUT2D eigenvalue weighted by Crippen LogP contribution is 2.30. The van der Waals surface area contributed by atoms with Crippen LogP contribution in [-0.4, -0.2) is 60.2 Å². The van der Waals surface area contributed by atoms with Crippen LogP contribution in [0, 0.1) is 6.92 Å². The number of carbonyl (C=O) groups is 1. The zero-order valence-electron chi connectivity index (χ0n) is 17.8. The molecule has 4 heterocycles. The summed E-state index contributed by atoms with van der Waals surface area (Å²) in [7, 11) is 0. The third-order valence-corrected chi connectivity index (χ3v) is 6.13. The minimum Gasteiger partial charge on any atom is -0.465 e. The van der Waals surface area contributed by atoms with Crippen molar-refractivity contribution in [3.05, 3.63) is 53.7 Å². The zero-order chi connectivity index (χ0) is 20.8. The van der Waals surface area contributed by atoms with Crippen LogP contribution in [0.1, 0.15) is 54.9 Å². The molecule has 4 rings (SSSR count). The standard InChI is InChI=1S/C23H32N4O3/c1-18-6-7-22(30-18)21(26-13-15-29-16-14-26)17-25-23(28)27-12-4-2-3-5-20(27)19-8-10-24-11-9-19/h6-11,20-21H,2-5,12-17H2,1H3,(H,25,28). The van der Waals surface area contributed by atoms with Crippen molar-refractivity contribution in [3.63, 3.8) is 0 Å². The van der Waals surface area contributed by atoms with Gasteiger partial charge in [0.2, 0.25) is 0 Å². The Morgan fingerprint density at radius 3 is 2.67 bits per heavy atom. The molecule has 7 heteroatoms. The number of hydrogen-bond acceptors (Lipinski definition) is 5. The van der Waals surface area contributed by atoms with Gasteiger partial charge in [-0.15, -0.1) is 0 Å². The van der Waals surface area contributed by atoms with E-state index in [2.05, 4.69) is 15.2 Å². The molecule has 30 heavy (non-hydrogen) atoms. The van der Waals surface area contributed by atoms with E-state index < -0.39 is 0 Å². The van der Waals surface area contributed by atoms with E-state index in [0.717, 1.165) is 62.4 Å². The second-order valence-electron chi connectivity index (χ2n) is 8.14. The highest BCUT2D eigenvalue weighted by Gasteiger charge is 2.29. The van der Waals surface area contributed by atoms with Gasteiger partial charge in [0.1, 0.15) is 11.5 Å². The first-order valence-corrected chi connectivity index (χ1v) is 11.0. The van der Waals surface area contributed by atoms with Gasteiger partial charge in [-0.2, -0.15) is 0 Å². The van der Waals surface area contributed by atoms with Gasteiger partial charge in [0.05, 0.1) is 25.3 Å². The summed E-state index contributed by atoms with van der Waals surface area (Å²) in [6.07, 6.45) is 7.95. The molecule has 0 aliphatic carbocycles. The lowest BCUT2D eigenvalue weighted by molar-refractivity contribution is 0.0118. The third kappa shape index (κ3) is 5.02. The van der Waals surface area contributed by atoms with E-state index in [-0.39, 0.29) is 18.1 Å². The number of hydrogen-bond donors (Lipinski definition) is 1. The van der Waals surface area contributed by atoms with Crippen molar-refractivity contribution < 1.29 is 13.9 Å². The second kappa shape index (κ2) is 10.1. The van der Waals surface area contributed by atoms with Gasteiger partial charge < -0.3 is 19.4 Å². The average Bonchev–Trinajstić information content (AvgIpc) is 3.06. The lowest BCUT2D eigenvalue weighted by Gasteiger charge is -2.35. The van der Waals surface area contributed by atoms with Crippen LogP contribution in [0.3, 0.4) is 0 Å². The number of carbonyl (C=O) groups excluding carboxylic acids is 1. The molecule has 0 bridgehead atoms. The fraction of sp³-hybridized carbons (Fsp3) is 0.565. The molecule has 2 amide bonds. The molecule has 2 saturated heterocycles. The van der Waals surface area contributed by atoms with E-state index in [1.165, 1.54) is 0 Å². The number of morpholine rings is 1. The molecule has 2 unspecified atom stereocenters. The number of ether oxygens (including phenoxy) is 1. The predicted octanol–water partition coefficient (Wildman–Crippen LogP) is 3.68. The molecule has 2 aromatic rings. The highest BCUT2D eigenvalue weighted by atomic mass is 16.5.